The number of aromatic nitrogens is 2. The minimum Gasteiger partial charge on any atom is -0.309 e. The van der Waals surface area contributed by atoms with Gasteiger partial charge in [-0.15, -0.1) is 0 Å². The Kier molecular flexibility index (Phi) is 6.73. The van der Waals surface area contributed by atoms with Crippen molar-refractivity contribution < 1.29 is 4.79 Å². The van der Waals surface area contributed by atoms with E-state index in [0.717, 1.165) is 17.8 Å². The molecular formula is C21H22Cl2N4O. The van der Waals surface area contributed by atoms with Gasteiger partial charge in [0.05, 0.1) is 28.0 Å². The first kappa shape index (κ1) is 20.4. The second kappa shape index (κ2) is 9.24. The smallest absolute Gasteiger partial charge is 0.239 e. The Morgan fingerprint density at radius 2 is 1.82 bits per heavy atom. The summed E-state index contributed by atoms with van der Waals surface area (Å²) in [6, 6.07) is 16.9. The molecular weight excluding hydrogens is 395 g/mol. The van der Waals surface area contributed by atoms with Crippen molar-refractivity contribution in [3.05, 3.63) is 64.6 Å². The summed E-state index contributed by atoms with van der Waals surface area (Å²) in [7, 11) is 0. The zero-order valence-corrected chi connectivity index (χ0v) is 17.3. The molecule has 3 rings (SSSR count). The molecule has 1 amide bonds. The number of rotatable bonds is 7. The van der Waals surface area contributed by atoms with Gasteiger partial charge in [-0.1, -0.05) is 67.4 Å². The molecule has 1 heterocycles. The van der Waals surface area contributed by atoms with Gasteiger partial charge in [-0.25, -0.2) is 4.68 Å². The van der Waals surface area contributed by atoms with Gasteiger partial charge in [-0.3, -0.25) is 4.79 Å². The van der Waals surface area contributed by atoms with Crippen LogP contribution in [-0.2, 0) is 4.79 Å². The number of halogens is 2. The third-order valence-electron chi connectivity index (χ3n) is 4.03. The lowest BCUT2D eigenvalue weighted by atomic mass is 10.1. The summed E-state index contributed by atoms with van der Waals surface area (Å²) in [4.78, 5) is 12.4. The fourth-order valence-electron chi connectivity index (χ4n) is 2.70. The Balaban J connectivity index is 1.91. The fraction of sp³-hybridized carbons (Fsp3) is 0.238. The highest BCUT2D eigenvalue weighted by Crippen LogP contribution is 2.28. The van der Waals surface area contributed by atoms with E-state index < -0.39 is 0 Å². The molecule has 0 atom stereocenters. The van der Waals surface area contributed by atoms with E-state index in [-0.39, 0.29) is 12.5 Å². The summed E-state index contributed by atoms with van der Waals surface area (Å²) in [5.74, 6) is 0.897. The summed E-state index contributed by atoms with van der Waals surface area (Å²) in [6.45, 7) is 5.19. The van der Waals surface area contributed by atoms with E-state index in [2.05, 4.69) is 29.6 Å². The lowest BCUT2D eigenvalue weighted by Gasteiger charge is -2.11. The molecule has 0 bridgehead atoms. The number of benzene rings is 2. The van der Waals surface area contributed by atoms with Crippen molar-refractivity contribution in [1.82, 2.24) is 15.1 Å². The number of carbonyl (C=O) groups is 1. The topological polar surface area (TPSA) is 59.0 Å². The molecule has 0 aliphatic heterocycles. The number of anilines is 1. The molecule has 1 aromatic heterocycles. The molecule has 3 aromatic rings. The first-order valence-electron chi connectivity index (χ1n) is 9.05. The van der Waals surface area contributed by atoms with Crippen LogP contribution in [0.5, 0.6) is 0 Å². The first-order valence-corrected chi connectivity index (χ1v) is 9.81. The van der Waals surface area contributed by atoms with Gasteiger partial charge in [-0.05, 0) is 30.7 Å². The van der Waals surface area contributed by atoms with Gasteiger partial charge in [0.25, 0.3) is 0 Å². The van der Waals surface area contributed by atoms with E-state index in [9.17, 15) is 4.79 Å². The summed E-state index contributed by atoms with van der Waals surface area (Å²) in [5, 5.41) is 11.6. The molecule has 7 heteroatoms. The van der Waals surface area contributed by atoms with Gasteiger partial charge in [-0.2, -0.15) is 5.10 Å². The zero-order valence-electron chi connectivity index (χ0n) is 15.7. The van der Waals surface area contributed by atoms with Crippen LogP contribution in [0.3, 0.4) is 0 Å². The monoisotopic (exact) mass is 416 g/mol. The largest absolute Gasteiger partial charge is 0.309 e. The zero-order chi connectivity index (χ0) is 20.1. The maximum absolute atomic E-state index is 12.4. The molecule has 0 saturated heterocycles. The Morgan fingerprint density at radius 1 is 1.07 bits per heavy atom. The molecule has 5 nitrogen and oxygen atoms in total. The molecule has 28 heavy (non-hydrogen) atoms. The van der Waals surface area contributed by atoms with Crippen molar-refractivity contribution in [2.75, 3.05) is 18.4 Å². The van der Waals surface area contributed by atoms with Gasteiger partial charge >= 0.3 is 0 Å². The normalized spacial score (nSPS) is 11.0. The molecule has 2 aromatic carbocycles. The second-order valence-electron chi connectivity index (χ2n) is 6.86. The van der Waals surface area contributed by atoms with Crippen LogP contribution in [0.25, 0.3) is 16.9 Å². The number of carbonyl (C=O) groups excluding carboxylic acids is 1. The highest BCUT2D eigenvalue weighted by molar-refractivity contribution is 6.42. The molecule has 2 N–H and O–H groups in total. The van der Waals surface area contributed by atoms with E-state index in [0.29, 0.717) is 27.5 Å². The average Bonchev–Trinajstić information content (AvgIpc) is 3.08. The van der Waals surface area contributed by atoms with E-state index in [1.54, 1.807) is 16.8 Å². The van der Waals surface area contributed by atoms with Crippen molar-refractivity contribution in [2.45, 2.75) is 13.8 Å². The third-order valence-corrected chi connectivity index (χ3v) is 4.77. The maximum atomic E-state index is 12.4. The molecule has 0 fully saturated rings. The minimum absolute atomic E-state index is 0.138. The van der Waals surface area contributed by atoms with Gasteiger partial charge in [0.2, 0.25) is 5.91 Å². The number of nitrogens with one attached hydrogen (secondary N) is 2. The Labute approximate surface area is 174 Å². The van der Waals surface area contributed by atoms with Crippen LogP contribution in [-0.4, -0.2) is 28.8 Å². The highest BCUT2D eigenvalue weighted by Gasteiger charge is 2.14. The van der Waals surface area contributed by atoms with Crippen LogP contribution in [0.1, 0.15) is 13.8 Å². The lowest BCUT2D eigenvalue weighted by Crippen LogP contribution is -2.31. The van der Waals surface area contributed by atoms with Gasteiger partial charge in [0.1, 0.15) is 5.82 Å². The van der Waals surface area contributed by atoms with Crippen LogP contribution in [0.4, 0.5) is 5.82 Å². The van der Waals surface area contributed by atoms with E-state index in [1.165, 1.54) is 0 Å². The van der Waals surface area contributed by atoms with Gasteiger partial charge in [0, 0.05) is 11.6 Å². The molecule has 0 aliphatic rings. The summed E-state index contributed by atoms with van der Waals surface area (Å²) < 4.78 is 1.66. The Bertz CT molecular complexity index is 954. The molecule has 0 radical (unpaired) electrons. The van der Waals surface area contributed by atoms with Crippen LogP contribution >= 0.6 is 23.2 Å². The summed E-state index contributed by atoms with van der Waals surface area (Å²) in [5.41, 5.74) is 2.41. The molecule has 0 spiro atoms. The molecule has 0 unspecified atom stereocenters. The number of amides is 1. The van der Waals surface area contributed by atoms with Crippen molar-refractivity contribution >= 4 is 34.9 Å². The van der Waals surface area contributed by atoms with Crippen molar-refractivity contribution in [3.8, 4) is 16.9 Å². The van der Waals surface area contributed by atoms with Crippen LogP contribution in [0.2, 0.25) is 10.0 Å². The number of hydrogen-bond donors (Lipinski definition) is 2. The molecule has 0 aliphatic carbocycles. The van der Waals surface area contributed by atoms with Crippen LogP contribution in [0, 0.1) is 5.92 Å². The first-order chi connectivity index (χ1) is 13.4. The van der Waals surface area contributed by atoms with E-state index >= 15 is 0 Å². The number of hydrogen-bond acceptors (Lipinski definition) is 3. The predicted octanol–water partition coefficient (Wildman–Crippen LogP) is 5.03. The molecule has 0 saturated carbocycles. The summed E-state index contributed by atoms with van der Waals surface area (Å²) >= 11 is 12.2. The quantitative estimate of drug-likeness (QED) is 0.567. The van der Waals surface area contributed by atoms with Gasteiger partial charge in [0.15, 0.2) is 0 Å². The number of nitrogens with zero attached hydrogens (tertiary/aromatic N) is 2. The SMILES string of the molecule is CC(C)CNCC(=O)Nc1cc(-c2ccccc2)nn1-c1ccc(Cl)c(Cl)c1. The van der Waals surface area contributed by atoms with E-state index in [4.69, 9.17) is 23.2 Å². The summed E-state index contributed by atoms with van der Waals surface area (Å²) in [6.07, 6.45) is 0. The van der Waals surface area contributed by atoms with Crippen molar-refractivity contribution in [1.29, 1.82) is 0 Å². The minimum atomic E-state index is -0.138. The fourth-order valence-corrected chi connectivity index (χ4v) is 2.99. The Hall–Kier alpha value is -2.34. The van der Waals surface area contributed by atoms with Crippen LogP contribution in [0.15, 0.2) is 54.6 Å². The predicted molar refractivity (Wildman–Crippen MR) is 115 cm³/mol. The molecule has 146 valence electrons. The van der Waals surface area contributed by atoms with E-state index in [1.807, 2.05) is 42.5 Å². The highest BCUT2D eigenvalue weighted by atomic mass is 35.5. The average molecular weight is 417 g/mol. The van der Waals surface area contributed by atoms with Crippen LogP contribution < -0.4 is 10.6 Å². The standard InChI is InChI=1S/C21H22Cl2N4O/c1-14(2)12-24-13-21(28)25-20-11-19(15-6-4-3-5-7-15)26-27(20)16-8-9-17(22)18(23)10-16/h3-11,14,24H,12-13H2,1-2H3,(H,25,28). The Morgan fingerprint density at radius 3 is 2.50 bits per heavy atom. The second-order valence-corrected chi connectivity index (χ2v) is 7.68. The third kappa shape index (κ3) is 5.13. The van der Waals surface area contributed by atoms with Gasteiger partial charge < -0.3 is 10.6 Å². The lowest BCUT2D eigenvalue weighted by molar-refractivity contribution is -0.115. The maximum Gasteiger partial charge on any atom is 0.239 e. The van der Waals surface area contributed by atoms with Crippen molar-refractivity contribution in [3.63, 3.8) is 0 Å². The van der Waals surface area contributed by atoms with Crippen molar-refractivity contribution in [2.24, 2.45) is 5.92 Å².